The number of hydrogen-bond acceptors (Lipinski definition) is 3. The van der Waals surface area contributed by atoms with Crippen LogP contribution in [-0.4, -0.2) is 89.1 Å². The molecule has 0 aliphatic carbocycles. The van der Waals surface area contributed by atoms with Gasteiger partial charge in [0.2, 0.25) is 0 Å². The van der Waals surface area contributed by atoms with Gasteiger partial charge in [-0.05, 0) is 0 Å². The number of carbonyl (C=O) groups is 1. The molecule has 0 unspecified atom stereocenters. The SMILES string of the molecule is O=C(O)C(F)(F)C(F)(F)OC(F)(F)C(F)(F)OC(F)(F)C(F)(F)C(F)(F)C(F)(F)C(F)(F)C(F)(F)C(F)(F)C(F)(F)C(F)(F)F. The first-order chi connectivity index (χ1) is 18.9. The van der Waals surface area contributed by atoms with Crippen molar-refractivity contribution in [3.8, 4) is 0 Å². The molecular formula is C14HF27O4. The van der Waals surface area contributed by atoms with Crippen LogP contribution in [0.2, 0.25) is 0 Å². The van der Waals surface area contributed by atoms with Crippen LogP contribution in [0.4, 0.5) is 119 Å². The summed E-state index contributed by atoms with van der Waals surface area (Å²) >= 11 is 0. The highest BCUT2D eigenvalue weighted by Crippen LogP contribution is 2.65. The Kier molecular flexibility index (Phi) is 9.92. The zero-order chi connectivity index (χ0) is 37.5. The van der Waals surface area contributed by atoms with Crippen molar-refractivity contribution in [3.05, 3.63) is 0 Å². The van der Waals surface area contributed by atoms with Gasteiger partial charge in [0.05, 0.1) is 0 Å². The quantitative estimate of drug-likeness (QED) is 0.183. The third kappa shape index (κ3) is 5.82. The molecule has 0 saturated heterocycles. The van der Waals surface area contributed by atoms with Gasteiger partial charge in [0, 0.05) is 0 Å². The minimum atomic E-state index is -9.62. The molecule has 0 aromatic heterocycles. The lowest BCUT2D eigenvalue weighted by atomic mass is 9.88. The summed E-state index contributed by atoms with van der Waals surface area (Å²) in [7, 11) is 0. The van der Waals surface area contributed by atoms with Gasteiger partial charge in [-0.3, -0.25) is 0 Å². The Morgan fingerprint density at radius 3 is 0.800 bits per heavy atom. The van der Waals surface area contributed by atoms with E-state index in [1.54, 1.807) is 0 Å². The first-order valence-electron chi connectivity index (χ1n) is 9.10. The second-order valence-electron chi connectivity index (χ2n) is 7.67. The monoisotopic (exact) mass is 746 g/mol. The van der Waals surface area contributed by atoms with Crippen LogP contribution in [0.15, 0.2) is 0 Å². The number of carboxylic acids is 1. The summed E-state index contributed by atoms with van der Waals surface area (Å²) < 4.78 is 354. The highest BCUT2D eigenvalue weighted by Gasteiger charge is 2.97. The molecule has 0 heterocycles. The molecule has 1 N–H and O–H groups in total. The Balaban J connectivity index is 6.99. The average Bonchev–Trinajstić information content (AvgIpc) is 2.75. The van der Waals surface area contributed by atoms with Crippen molar-refractivity contribution in [2.75, 3.05) is 0 Å². The van der Waals surface area contributed by atoms with Crippen molar-refractivity contribution >= 4 is 5.97 Å². The van der Waals surface area contributed by atoms with Crippen LogP contribution in [0.25, 0.3) is 0 Å². The van der Waals surface area contributed by atoms with Crippen molar-refractivity contribution in [1.29, 1.82) is 0 Å². The van der Waals surface area contributed by atoms with Crippen molar-refractivity contribution in [2.45, 2.75) is 78.0 Å². The highest BCUT2D eigenvalue weighted by atomic mass is 19.4. The fourth-order valence-electron chi connectivity index (χ4n) is 2.04. The molecule has 0 atom stereocenters. The van der Waals surface area contributed by atoms with Gasteiger partial charge in [0.15, 0.2) is 0 Å². The third-order valence-corrected chi connectivity index (χ3v) is 4.57. The predicted molar refractivity (Wildman–Crippen MR) is 75.2 cm³/mol. The summed E-state index contributed by atoms with van der Waals surface area (Å²) in [4.78, 5) is 9.88. The van der Waals surface area contributed by atoms with E-state index in [1.165, 1.54) is 4.74 Å². The topological polar surface area (TPSA) is 55.8 Å². The summed E-state index contributed by atoms with van der Waals surface area (Å²) in [5.41, 5.74) is 0. The van der Waals surface area contributed by atoms with Gasteiger partial charge in [-0.25, -0.2) is 14.3 Å². The Morgan fingerprint density at radius 1 is 0.333 bits per heavy atom. The van der Waals surface area contributed by atoms with Gasteiger partial charge in [-0.2, -0.15) is 119 Å². The van der Waals surface area contributed by atoms with Crippen molar-refractivity contribution in [3.63, 3.8) is 0 Å². The minimum absolute atomic E-state index is 0.840. The number of aliphatic carboxylic acids is 1. The summed E-state index contributed by atoms with van der Waals surface area (Å²) in [5, 5.41) is 7.69. The molecular weight excluding hydrogens is 745 g/mol. The normalized spacial score (nSPS) is 16.7. The van der Waals surface area contributed by atoms with E-state index >= 15 is 0 Å². The first kappa shape index (κ1) is 42.5. The lowest BCUT2D eigenvalue weighted by Crippen LogP contribution is -2.76. The number of ether oxygens (including phenoxy) is 2. The highest BCUT2D eigenvalue weighted by molar-refractivity contribution is 5.76. The van der Waals surface area contributed by atoms with E-state index in [9.17, 15) is 123 Å². The Labute approximate surface area is 223 Å². The van der Waals surface area contributed by atoms with Gasteiger partial charge >= 0.3 is 84.0 Å². The van der Waals surface area contributed by atoms with E-state index in [0.29, 0.717) is 0 Å². The van der Waals surface area contributed by atoms with E-state index in [0.717, 1.165) is 4.74 Å². The summed E-state index contributed by atoms with van der Waals surface area (Å²) in [5.74, 6) is -76.7. The van der Waals surface area contributed by atoms with Gasteiger partial charge in [-0.1, -0.05) is 0 Å². The standard InChI is InChI=1S/C14HF27O4/c15-2(16,1(42)43)11(34,35)44-13(38,39)14(40,41)45-12(36,37)9(29,30)7(25,26)5(21,22)3(17,18)4(19,20)6(23,24)8(27,28)10(31,32)33/h(H,42,43). The molecule has 0 spiro atoms. The van der Waals surface area contributed by atoms with Gasteiger partial charge < -0.3 is 5.11 Å². The zero-order valence-corrected chi connectivity index (χ0v) is 18.9. The average molecular weight is 746 g/mol. The van der Waals surface area contributed by atoms with Crippen molar-refractivity contribution in [1.82, 2.24) is 0 Å². The molecule has 31 heteroatoms. The maximum absolute atomic E-state index is 13.5. The zero-order valence-electron chi connectivity index (χ0n) is 18.9. The van der Waals surface area contributed by atoms with Crippen LogP contribution in [0, 0.1) is 0 Å². The fourth-order valence-corrected chi connectivity index (χ4v) is 2.04. The van der Waals surface area contributed by atoms with Crippen molar-refractivity contribution in [2.24, 2.45) is 0 Å². The van der Waals surface area contributed by atoms with Crippen LogP contribution in [0.3, 0.4) is 0 Å². The van der Waals surface area contributed by atoms with Gasteiger partial charge in [0.1, 0.15) is 0 Å². The van der Waals surface area contributed by atoms with Crippen LogP contribution in [0.5, 0.6) is 0 Å². The van der Waals surface area contributed by atoms with E-state index < -0.39 is 84.0 Å². The smallest absolute Gasteiger partial charge is 0.460 e. The molecule has 0 radical (unpaired) electrons. The molecule has 0 aliphatic rings. The van der Waals surface area contributed by atoms with E-state index in [4.69, 9.17) is 5.11 Å². The van der Waals surface area contributed by atoms with Crippen LogP contribution >= 0.6 is 0 Å². The lowest BCUT2D eigenvalue weighted by molar-refractivity contribution is -0.551. The molecule has 0 amide bonds. The molecule has 0 aromatic carbocycles. The van der Waals surface area contributed by atoms with Crippen LogP contribution < -0.4 is 0 Å². The molecule has 0 fully saturated rings. The second-order valence-corrected chi connectivity index (χ2v) is 7.67. The second kappa shape index (κ2) is 10.5. The molecule has 0 rings (SSSR count). The number of hydrogen-bond donors (Lipinski definition) is 1. The van der Waals surface area contributed by atoms with Crippen molar-refractivity contribution < 1.29 is 138 Å². The van der Waals surface area contributed by atoms with Gasteiger partial charge in [-0.15, -0.1) is 0 Å². The minimum Gasteiger partial charge on any atom is -0.477 e. The Bertz CT molecular complexity index is 1100. The lowest BCUT2D eigenvalue weighted by Gasteiger charge is -2.43. The molecule has 270 valence electrons. The maximum Gasteiger partial charge on any atom is 0.460 e. The largest absolute Gasteiger partial charge is 0.477 e. The number of rotatable bonds is 14. The number of carboxylic acid groups (broad SMARTS) is 1. The maximum atomic E-state index is 13.5. The van der Waals surface area contributed by atoms with Gasteiger partial charge in [0.25, 0.3) is 0 Å². The van der Waals surface area contributed by atoms with Crippen LogP contribution in [-0.2, 0) is 14.3 Å². The molecule has 0 aliphatic heterocycles. The predicted octanol–water partition coefficient (Wildman–Crippen LogP) is 8.12. The molecule has 0 saturated carbocycles. The summed E-state index contributed by atoms with van der Waals surface area (Å²) in [6.45, 7) is 0. The van der Waals surface area contributed by atoms with E-state index in [-0.39, 0.29) is 0 Å². The number of halogens is 27. The molecule has 4 nitrogen and oxygen atoms in total. The fraction of sp³-hybridized carbons (Fsp3) is 0.929. The first-order valence-corrected chi connectivity index (χ1v) is 9.10. The van der Waals surface area contributed by atoms with Crippen LogP contribution in [0.1, 0.15) is 0 Å². The number of alkyl halides is 27. The summed E-state index contributed by atoms with van der Waals surface area (Å²) in [6, 6.07) is 0. The molecule has 0 bridgehead atoms. The molecule has 0 aromatic rings. The van der Waals surface area contributed by atoms with E-state index in [2.05, 4.69) is 0 Å². The Hall–Kier alpha value is -2.50. The third-order valence-electron chi connectivity index (χ3n) is 4.57. The summed E-state index contributed by atoms with van der Waals surface area (Å²) in [6.07, 6.45) is -41.2. The van der Waals surface area contributed by atoms with E-state index in [1.807, 2.05) is 0 Å². The Morgan fingerprint density at radius 2 is 0.556 bits per heavy atom. The molecule has 45 heavy (non-hydrogen) atoms.